The Bertz CT molecular complexity index is 625. The van der Waals surface area contributed by atoms with E-state index in [1.54, 1.807) is 6.07 Å². The average Bonchev–Trinajstić information content (AvgIpc) is 2.96. The van der Waals surface area contributed by atoms with Gasteiger partial charge in [0.05, 0.1) is 11.9 Å². The molecule has 20 heavy (non-hydrogen) atoms. The number of rotatable bonds is 1. The molecule has 2 heterocycles. The number of nitrogens with zero attached hydrogens (tertiary/aromatic N) is 2. The van der Waals surface area contributed by atoms with Gasteiger partial charge in [0.1, 0.15) is 11.5 Å². The van der Waals surface area contributed by atoms with Gasteiger partial charge in [0.2, 0.25) is 0 Å². The van der Waals surface area contributed by atoms with Gasteiger partial charge in [-0.1, -0.05) is 19.3 Å². The van der Waals surface area contributed by atoms with Gasteiger partial charge in [-0.25, -0.2) is 9.37 Å². The van der Waals surface area contributed by atoms with Gasteiger partial charge in [-0.2, -0.15) is 0 Å². The molecule has 1 fully saturated rings. The average molecular weight is 268 g/mol. The molecular formula is C17H17FN2. The van der Waals surface area contributed by atoms with Crippen molar-refractivity contribution in [1.29, 1.82) is 0 Å². The van der Waals surface area contributed by atoms with Gasteiger partial charge in [-0.15, -0.1) is 0 Å². The van der Waals surface area contributed by atoms with Gasteiger partial charge in [0, 0.05) is 12.2 Å². The Morgan fingerprint density at radius 3 is 2.70 bits per heavy atom. The summed E-state index contributed by atoms with van der Waals surface area (Å²) in [5.74, 6) is 5.83. The standard InChI is InChI=1S/C17H17FN2/c18-14-8-9-15(19-13-14)10-11-17-7-4-12-20(17)16-5-2-1-3-6-16/h4,7-9,12-13,16H,1-3,5-6H2. The van der Waals surface area contributed by atoms with Crippen LogP contribution in [0.5, 0.6) is 0 Å². The lowest BCUT2D eigenvalue weighted by molar-refractivity contribution is 0.352. The van der Waals surface area contributed by atoms with Gasteiger partial charge >= 0.3 is 0 Å². The molecule has 0 atom stereocenters. The SMILES string of the molecule is Fc1ccc(C#Cc2cccn2C2CCCCC2)nc1. The lowest BCUT2D eigenvalue weighted by atomic mass is 9.95. The fourth-order valence-electron chi connectivity index (χ4n) is 2.75. The third-order valence-corrected chi connectivity index (χ3v) is 3.79. The van der Waals surface area contributed by atoms with E-state index in [-0.39, 0.29) is 5.82 Å². The highest BCUT2D eigenvalue weighted by atomic mass is 19.1. The van der Waals surface area contributed by atoms with Crippen LogP contribution in [0.3, 0.4) is 0 Å². The first kappa shape index (κ1) is 12.9. The van der Waals surface area contributed by atoms with Gasteiger partial charge in [-0.3, -0.25) is 0 Å². The highest BCUT2D eigenvalue weighted by Gasteiger charge is 2.15. The molecule has 102 valence electrons. The minimum Gasteiger partial charge on any atom is -0.338 e. The molecule has 0 aliphatic heterocycles. The maximum Gasteiger partial charge on any atom is 0.141 e. The second-order valence-corrected chi connectivity index (χ2v) is 5.20. The van der Waals surface area contributed by atoms with Crippen molar-refractivity contribution in [2.24, 2.45) is 0 Å². The smallest absolute Gasteiger partial charge is 0.141 e. The quantitative estimate of drug-likeness (QED) is 0.717. The summed E-state index contributed by atoms with van der Waals surface area (Å²) < 4.78 is 15.1. The van der Waals surface area contributed by atoms with E-state index in [2.05, 4.69) is 27.6 Å². The second kappa shape index (κ2) is 5.92. The molecule has 3 heteroatoms. The molecule has 0 bridgehead atoms. The van der Waals surface area contributed by atoms with Crippen LogP contribution in [0, 0.1) is 17.7 Å². The molecule has 0 N–H and O–H groups in total. The number of pyridine rings is 1. The minimum absolute atomic E-state index is 0.332. The van der Waals surface area contributed by atoms with Crippen LogP contribution >= 0.6 is 0 Å². The van der Waals surface area contributed by atoms with E-state index in [0.717, 1.165) is 5.69 Å². The first-order valence-electron chi connectivity index (χ1n) is 7.13. The van der Waals surface area contributed by atoms with Crippen LogP contribution < -0.4 is 0 Å². The Morgan fingerprint density at radius 2 is 1.95 bits per heavy atom. The zero-order valence-electron chi connectivity index (χ0n) is 11.3. The first-order chi connectivity index (χ1) is 9.83. The summed E-state index contributed by atoms with van der Waals surface area (Å²) in [6.45, 7) is 0. The molecule has 2 nitrogen and oxygen atoms in total. The van der Waals surface area contributed by atoms with Crippen molar-refractivity contribution in [2.75, 3.05) is 0 Å². The molecule has 0 spiro atoms. The van der Waals surface area contributed by atoms with Gasteiger partial charge in [-0.05, 0) is 48.9 Å². The molecule has 0 amide bonds. The van der Waals surface area contributed by atoms with Gasteiger partial charge in [0.25, 0.3) is 0 Å². The Labute approximate surface area is 118 Å². The lowest BCUT2D eigenvalue weighted by Crippen LogP contribution is -2.13. The van der Waals surface area contributed by atoms with Crippen molar-refractivity contribution in [3.8, 4) is 11.8 Å². The maximum atomic E-state index is 12.8. The van der Waals surface area contributed by atoms with Crippen molar-refractivity contribution in [2.45, 2.75) is 38.1 Å². The molecule has 0 radical (unpaired) electrons. The largest absolute Gasteiger partial charge is 0.338 e. The fraction of sp³-hybridized carbons (Fsp3) is 0.353. The summed E-state index contributed by atoms with van der Waals surface area (Å²) in [7, 11) is 0. The summed E-state index contributed by atoms with van der Waals surface area (Å²) in [5, 5.41) is 0. The zero-order chi connectivity index (χ0) is 13.8. The molecule has 0 unspecified atom stereocenters. The minimum atomic E-state index is -0.332. The number of aromatic nitrogens is 2. The van der Waals surface area contributed by atoms with Crippen LogP contribution in [-0.4, -0.2) is 9.55 Å². The first-order valence-corrected chi connectivity index (χ1v) is 7.13. The van der Waals surface area contributed by atoms with Crippen molar-refractivity contribution in [1.82, 2.24) is 9.55 Å². The predicted octanol–water partition coefficient (Wildman–Crippen LogP) is 3.93. The highest BCUT2D eigenvalue weighted by molar-refractivity contribution is 5.37. The van der Waals surface area contributed by atoms with Crippen LogP contribution in [0.15, 0.2) is 36.7 Å². The highest BCUT2D eigenvalue weighted by Crippen LogP contribution is 2.29. The number of halogens is 1. The molecule has 1 aliphatic carbocycles. The number of hydrogen-bond donors (Lipinski definition) is 0. The second-order valence-electron chi connectivity index (χ2n) is 5.20. The van der Waals surface area contributed by atoms with E-state index in [9.17, 15) is 4.39 Å². The molecule has 3 rings (SSSR count). The Balaban J connectivity index is 1.81. The molecule has 0 saturated heterocycles. The lowest BCUT2D eigenvalue weighted by Gasteiger charge is -2.24. The Kier molecular flexibility index (Phi) is 3.83. The van der Waals surface area contributed by atoms with E-state index in [4.69, 9.17) is 0 Å². The van der Waals surface area contributed by atoms with Crippen LogP contribution in [-0.2, 0) is 0 Å². The topological polar surface area (TPSA) is 17.8 Å². The zero-order valence-corrected chi connectivity index (χ0v) is 11.3. The van der Waals surface area contributed by atoms with Crippen molar-refractivity contribution >= 4 is 0 Å². The predicted molar refractivity (Wildman–Crippen MR) is 76.7 cm³/mol. The third-order valence-electron chi connectivity index (χ3n) is 3.79. The summed E-state index contributed by atoms with van der Waals surface area (Å²) in [5.41, 5.74) is 1.62. The van der Waals surface area contributed by atoms with E-state index in [0.29, 0.717) is 11.7 Å². The van der Waals surface area contributed by atoms with Crippen LogP contribution in [0.25, 0.3) is 0 Å². The Morgan fingerprint density at radius 1 is 1.10 bits per heavy atom. The fourth-order valence-corrected chi connectivity index (χ4v) is 2.75. The van der Waals surface area contributed by atoms with Gasteiger partial charge < -0.3 is 4.57 Å². The van der Waals surface area contributed by atoms with Crippen LogP contribution in [0.4, 0.5) is 4.39 Å². The molecule has 0 aromatic carbocycles. The molecular weight excluding hydrogens is 251 g/mol. The van der Waals surface area contributed by atoms with E-state index in [1.807, 2.05) is 12.1 Å². The molecule has 2 aromatic rings. The maximum absolute atomic E-state index is 12.8. The van der Waals surface area contributed by atoms with E-state index < -0.39 is 0 Å². The van der Waals surface area contributed by atoms with Crippen LogP contribution in [0.2, 0.25) is 0 Å². The van der Waals surface area contributed by atoms with Crippen molar-refractivity contribution < 1.29 is 4.39 Å². The van der Waals surface area contributed by atoms with Gasteiger partial charge in [0.15, 0.2) is 0 Å². The molecule has 1 saturated carbocycles. The van der Waals surface area contributed by atoms with E-state index >= 15 is 0 Å². The molecule has 2 aromatic heterocycles. The monoisotopic (exact) mass is 268 g/mol. The summed E-state index contributed by atoms with van der Waals surface area (Å²) in [4.78, 5) is 3.96. The summed E-state index contributed by atoms with van der Waals surface area (Å²) in [6, 6.07) is 7.64. The number of hydrogen-bond acceptors (Lipinski definition) is 1. The Hall–Kier alpha value is -2.08. The van der Waals surface area contributed by atoms with Crippen LogP contribution in [0.1, 0.15) is 49.5 Å². The van der Waals surface area contributed by atoms with Crippen molar-refractivity contribution in [3.05, 3.63) is 53.9 Å². The normalized spacial score (nSPS) is 15.7. The molecule has 1 aliphatic rings. The summed E-state index contributed by atoms with van der Waals surface area (Å²) >= 11 is 0. The third kappa shape index (κ3) is 2.91. The van der Waals surface area contributed by atoms with Crippen molar-refractivity contribution in [3.63, 3.8) is 0 Å². The summed E-state index contributed by atoms with van der Waals surface area (Å²) in [6.07, 6.45) is 9.72. The van der Waals surface area contributed by atoms with E-state index in [1.165, 1.54) is 44.4 Å².